The van der Waals surface area contributed by atoms with E-state index in [-0.39, 0.29) is 17.2 Å². The zero-order valence-electron chi connectivity index (χ0n) is 8.66. The number of hydrogen-bond donors (Lipinski definition) is 3. The molecule has 0 unspecified atom stereocenters. The summed E-state index contributed by atoms with van der Waals surface area (Å²) in [7, 11) is -3.66. The fourth-order valence-corrected chi connectivity index (χ4v) is 2.24. The number of aromatic hydroxyl groups is 1. The van der Waals surface area contributed by atoms with Gasteiger partial charge < -0.3 is 5.11 Å². The molecule has 8 heteroatoms. The lowest BCUT2D eigenvalue weighted by Gasteiger charge is -2.05. The highest BCUT2D eigenvalue weighted by Crippen LogP contribution is 2.15. The van der Waals surface area contributed by atoms with Gasteiger partial charge in [-0.2, -0.15) is 5.10 Å². The molecule has 90 valence electrons. The third kappa shape index (κ3) is 2.80. The number of H-pyrrole nitrogens is 1. The van der Waals surface area contributed by atoms with Gasteiger partial charge in [0, 0.05) is 0 Å². The average molecular weight is 254 g/mol. The van der Waals surface area contributed by atoms with Crippen LogP contribution in [0.1, 0.15) is 5.82 Å². The molecule has 1 heterocycles. The number of phenols is 1. The first-order valence-corrected chi connectivity index (χ1v) is 6.19. The molecular formula is C9H10N4O3S. The number of hydrogen-bond acceptors (Lipinski definition) is 5. The summed E-state index contributed by atoms with van der Waals surface area (Å²) in [5.74, 6) is 0.307. The van der Waals surface area contributed by atoms with E-state index >= 15 is 0 Å². The van der Waals surface area contributed by atoms with Crippen LogP contribution < -0.4 is 4.72 Å². The van der Waals surface area contributed by atoms with Gasteiger partial charge in [0.05, 0.1) is 11.4 Å². The molecule has 0 aliphatic rings. The van der Waals surface area contributed by atoms with E-state index in [1.54, 1.807) is 0 Å². The van der Waals surface area contributed by atoms with Crippen LogP contribution in [-0.2, 0) is 16.6 Å². The Balaban J connectivity index is 2.14. The molecule has 0 saturated carbocycles. The van der Waals surface area contributed by atoms with Gasteiger partial charge in [0.1, 0.15) is 17.9 Å². The van der Waals surface area contributed by atoms with Crippen LogP contribution in [0.25, 0.3) is 0 Å². The van der Waals surface area contributed by atoms with Gasteiger partial charge in [0.2, 0.25) is 10.0 Å². The smallest absolute Gasteiger partial charge is 0.241 e. The second-order valence-electron chi connectivity index (χ2n) is 3.25. The predicted molar refractivity (Wildman–Crippen MR) is 58.5 cm³/mol. The van der Waals surface area contributed by atoms with Crippen LogP contribution in [0.15, 0.2) is 35.5 Å². The molecule has 1 aromatic carbocycles. The summed E-state index contributed by atoms with van der Waals surface area (Å²) in [5, 5.41) is 15.3. The van der Waals surface area contributed by atoms with Gasteiger partial charge in [0.15, 0.2) is 0 Å². The number of rotatable bonds is 4. The Labute approximate surface area is 97.6 Å². The molecule has 0 saturated heterocycles. The summed E-state index contributed by atoms with van der Waals surface area (Å²) in [6, 6.07) is 5.42. The first-order chi connectivity index (χ1) is 8.08. The third-order valence-corrected chi connectivity index (χ3v) is 3.42. The van der Waals surface area contributed by atoms with E-state index in [9.17, 15) is 13.5 Å². The fourth-order valence-electron chi connectivity index (χ4n) is 1.21. The van der Waals surface area contributed by atoms with E-state index in [1.165, 1.54) is 30.6 Å². The van der Waals surface area contributed by atoms with Crippen molar-refractivity contribution in [2.75, 3.05) is 0 Å². The number of phenolic OH excluding ortho intramolecular Hbond substituents is 1. The number of sulfonamides is 1. The summed E-state index contributed by atoms with van der Waals surface area (Å²) in [6.07, 6.45) is 1.29. The quantitative estimate of drug-likeness (QED) is 0.711. The maximum absolute atomic E-state index is 11.8. The van der Waals surface area contributed by atoms with Crippen molar-refractivity contribution < 1.29 is 13.5 Å². The number of aromatic nitrogens is 3. The summed E-state index contributed by atoms with van der Waals surface area (Å²) >= 11 is 0. The third-order valence-electron chi connectivity index (χ3n) is 2.02. The maximum atomic E-state index is 11.8. The van der Waals surface area contributed by atoms with Crippen LogP contribution in [0.5, 0.6) is 5.75 Å². The average Bonchev–Trinajstić information content (AvgIpc) is 2.79. The van der Waals surface area contributed by atoms with Crippen LogP contribution in [0.4, 0.5) is 0 Å². The molecule has 7 nitrogen and oxygen atoms in total. The van der Waals surface area contributed by atoms with Gasteiger partial charge in [-0.05, 0) is 18.2 Å². The fraction of sp³-hybridized carbons (Fsp3) is 0.111. The highest BCUT2D eigenvalue weighted by atomic mass is 32.2. The Morgan fingerprint density at radius 3 is 2.88 bits per heavy atom. The summed E-state index contributed by atoms with van der Waals surface area (Å²) in [6.45, 7) is 0.0119. The van der Waals surface area contributed by atoms with Crippen LogP contribution in [0.2, 0.25) is 0 Å². The lowest BCUT2D eigenvalue weighted by atomic mass is 10.3. The van der Waals surface area contributed by atoms with E-state index in [0.717, 1.165) is 0 Å². The second-order valence-corrected chi connectivity index (χ2v) is 5.02. The van der Waals surface area contributed by atoms with Crippen LogP contribution in [0.3, 0.4) is 0 Å². The molecule has 0 aliphatic heterocycles. The maximum Gasteiger partial charge on any atom is 0.241 e. The van der Waals surface area contributed by atoms with Crippen LogP contribution >= 0.6 is 0 Å². The highest BCUT2D eigenvalue weighted by molar-refractivity contribution is 7.89. The van der Waals surface area contributed by atoms with Gasteiger partial charge in [0.25, 0.3) is 0 Å². The molecule has 2 rings (SSSR count). The van der Waals surface area contributed by atoms with Gasteiger partial charge >= 0.3 is 0 Å². The van der Waals surface area contributed by atoms with E-state index in [2.05, 4.69) is 19.9 Å². The van der Waals surface area contributed by atoms with E-state index in [4.69, 9.17) is 0 Å². The molecule has 0 aliphatic carbocycles. The normalized spacial score (nSPS) is 11.5. The number of benzene rings is 1. The van der Waals surface area contributed by atoms with Gasteiger partial charge in [-0.25, -0.2) is 18.1 Å². The predicted octanol–water partition coefficient (Wildman–Crippen LogP) is -0.0112. The Kier molecular flexibility index (Phi) is 3.07. The number of aromatic amines is 1. The van der Waals surface area contributed by atoms with Crippen molar-refractivity contribution in [3.63, 3.8) is 0 Å². The Bertz CT molecular complexity index is 594. The highest BCUT2D eigenvalue weighted by Gasteiger charge is 2.14. The van der Waals surface area contributed by atoms with E-state index < -0.39 is 10.0 Å². The first kappa shape index (κ1) is 11.6. The monoisotopic (exact) mass is 254 g/mol. The van der Waals surface area contributed by atoms with Crippen LogP contribution in [-0.4, -0.2) is 28.7 Å². The lowest BCUT2D eigenvalue weighted by Crippen LogP contribution is -2.23. The van der Waals surface area contributed by atoms with Crippen molar-refractivity contribution >= 4 is 10.0 Å². The molecule has 0 spiro atoms. The number of nitrogens with zero attached hydrogens (tertiary/aromatic N) is 2. The lowest BCUT2D eigenvalue weighted by molar-refractivity contribution is 0.473. The zero-order chi connectivity index (χ0) is 12.3. The van der Waals surface area contributed by atoms with Gasteiger partial charge in [-0.15, -0.1) is 0 Å². The SMILES string of the molecule is O=S(=O)(NCc1ncn[nH]1)c1cccc(O)c1. The Morgan fingerprint density at radius 2 is 2.24 bits per heavy atom. The van der Waals surface area contributed by atoms with Crippen molar-refractivity contribution in [1.29, 1.82) is 0 Å². The van der Waals surface area contributed by atoms with Crippen molar-refractivity contribution in [3.05, 3.63) is 36.4 Å². The summed E-state index contributed by atoms with van der Waals surface area (Å²) < 4.78 is 25.9. The van der Waals surface area contributed by atoms with Gasteiger partial charge in [-0.1, -0.05) is 6.07 Å². The first-order valence-electron chi connectivity index (χ1n) is 4.71. The molecule has 0 amide bonds. The standard InChI is InChI=1S/C9H10N4O3S/c14-7-2-1-3-8(4-7)17(15,16)12-5-9-10-6-11-13-9/h1-4,6,12,14H,5H2,(H,10,11,13). The molecule has 3 N–H and O–H groups in total. The molecule has 0 fully saturated rings. The van der Waals surface area contributed by atoms with Crippen molar-refractivity contribution in [1.82, 2.24) is 19.9 Å². The molecule has 17 heavy (non-hydrogen) atoms. The summed E-state index contributed by atoms with van der Waals surface area (Å²) in [5.41, 5.74) is 0. The van der Waals surface area contributed by atoms with E-state index in [1.807, 2.05) is 0 Å². The molecule has 1 aromatic heterocycles. The molecule has 0 atom stereocenters. The largest absolute Gasteiger partial charge is 0.508 e. The molecule has 0 radical (unpaired) electrons. The molecule has 2 aromatic rings. The topological polar surface area (TPSA) is 108 Å². The molecule has 0 bridgehead atoms. The Hall–Kier alpha value is -1.93. The van der Waals surface area contributed by atoms with Crippen molar-refractivity contribution in [2.24, 2.45) is 0 Å². The summed E-state index contributed by atoms with van der Waals surface area (Å²) in [4.78, 5) is 3.78. The minimum Gasteiger partial charge on any atom is -0.508 e. The number of nitrogens with one attached hydrogen (secondary N) is 2. The zero-order valence-corrected chi connectivity index (χ0v) is 9.48. The Morgan fingerprint density at radius 1 is 1.41 bits per heavy atom. The van der Waals surface area contributed by atoms with Crippen molar-refractivity contribution in [2.45, 2.75) is 11.4 Å². The minimum absolute atomic E-state index is 0.00276. The van der Waals surface area contributed by atoms with Crippen LogP contribution in [0, 0.1) is 0 Å². The molecular weight excluding hydrogens is 244 g/mol. The second kappa shape index (κ2) is 4.52. The van der Waals surface area contributed by atoms with Crippen molar-refractivity contribution in [3.8, 4) is 5.75 Å². The minimum atomic E-state index is -3.66. The van der Waals surface area contributed by atoms with Gasteiger partial charge in [-0.3, -0.25) is 5.10 Å². The van der Waals surface area contributed by atoms with E-state index in [0.29, 0.717) is 5.82 Å².